The van der Waals surface area contributed by atoms with Crippen LogP contribution in [0, 0.1) is 41.7 Å². The minimum Gasteiger partial charge on any atom is -0.526 e. The molecule has 4 amide bonds. The topological polar surface area (TPSA) is 128 Å². The number of hydrogen-bond acceptors (Lipinski definition) is 6. The van der Waals surface area contributed by atoms with Crippen LogP contribution in [0.15, 0.2) is 18.2 Å². The fraction of sp³-hybridized carbons (Fsp3) is 0.481. The number of aromatic nitrogens is 1. The van der Waals surface area contributed by atoms with E-state index in [1.165, 1.54) is 9.26 Å². The van der Waals surface area contributed by atoms with Crippen LogP contribution in [0.25, 0.3) is 10.9 Å². The molecule has 0 aliphatic carbocycles. The summed E-state index contributed by atoms with van der Waals surface area (Å²) in [5, 5.41) is 8.78. The number of aryl methyl sites for hydroxylation is 1. The van der Waals surface area contributed by atoms with Gasteiger partial charge in [0.05, 0.1) is 10.3 Å². The average molecular weight is 877 g/mol. The fourth-order valence-corrected chi connectivity index (χ4v) is 7.08. The standard InChI is InChI=1S/C18H17IN3O3.C9H18NO3.U/c23-10-20-9-11-3-4-14-13(8-11)12-2-1-7-19-17(12)22(14)15-5-6-16(24)21-18(15)25;1-5-12-7-6-10-8(11)13-9(2,3)4;/h3-4,7-8,15H,1-2,5-6,9H2,(H,20,23)(H,21,24,25);1,5-7H2,2-4H3,(H,10,11);/q2*-1;+2. The summed E-state index contributed by atoms with van der Waals surface area (Å²) in [6.45, 7) is 10.7. The van der Waals surface area contributed by atoms with Gasteiger partial charge in [0.25, 0.3) is 0 Å². The number of carbonyl (C=O) groups is 3. The van der Waals surface area contributed by atoms with Crippen molar-refractivity contribution in [2.24, 2.45) is 0 Å². The van der Waals surface area contributed by atoms with Gasteiger partial charge in [-0.3, -0.25) is 14.9 Å². The summed E-state index contributed by atoms with van der Waals surface area (Å²) >= 11 is -0.259. The summed E-state index contributed by atoms with van der Waals surface area (Å²) in [4.78, 5) is 45.4. The van der Waals surface area contributed by atoms with Crippen molar-refractivity contribution in [1.29, 1.82) is 0 Å². The summed E-state index contributed by atoms with van der Waals surface area (Å²) in [5.74, 6) is -0.391. The van der Waals surface area contributed by atoms with E-state index in [2.05, 4.69) is 37.5 Å². The Morgan fingerprint density at radius 2 is 2.05 bits per heavy atom. The number of rotatable bonds is 8. The second-order valence-corrected chi connectivity index (χ2v) is 12.3. The first kappa shape index (κ1) is 33.5. The first-order chi connectivity index (χ1) is 18.1. The molecule has 2 aromatic rings. The number of halogens is 1. The van der Waals surface area contributed by atoms with Crippen LogP contribution < -0.4 is 16.0 Å². The summed E-state index contributed by atoms with van der Waals surface area (Å²) in [5.41, 5.74) is 2.95. The van der Waals surface area contributed by atoms with Gasteiger partial charge in [-0.15, -0.1) is 0 Å². The van der Waals surface area contributed by atoms with Gasteiger partial charge in [0.15, 0.2) is 0 Å². The molecule has 3 heterocycles. The smallest absolute Gasteiger partial charge is 0.526 e. The summed E-state index contributed by atoms with van der Waals surface area (Å²) < 4.78 is 15.7. The van der Waals surface area contributed by atoms with Gasteiger partial charge in [0.2, 0.25) is 11.8 Å². The SMILES string of the molecule is O=[C-]NCc1ccc2c(c1)c1c(n2C2CCC(=O)NC2=O)I=CCC1.[CH2-]COCCNC(=O)OC(C)(C)C.[U+2]. The van der Waals surface area contributed by atoms with E-state index in [1.807, 2.05) is 32.9 Å². The van der Waals surface area contributed by atoms with Crippen LogP contribution in [0.4, 0.5) is 4.79 Å². The molecule has 10 nitrogen and oxygen atoms in total. The first-order valence-corrected chi connectivity index (χ1v) is 14.9. The summed E-state index contributed by atoms with van der Waals surface area (Å²) in [6, 6.07) is 5.80. The molecule has 0 saturated carbocycles. The molecule has 210 valence electrons. The van der Waals surface area contributed by atoms with Gasteiger partial charge in [-0.1, -0.05) is 33.4 Å². The van der Waals surface area contributed by atoms with Crippen LogP contribution in [0.3, 0.4) is 0 Å². The maximum Gasteiger partial charge on any atom is 2.00 e. The third-order valence-corrected chi connectivity index (χ3v) is 8.56. The van der Waals surface area contributed by atoms with Gasteiger partial charge in [-0.05, 0) is 67.3 Å². The second-order valence-electron chi connectivity index (χ2n) is 9.76. The molecule has 39 heavy (non-hydrogen) atoms. The molecule has 0 radical (unpaired) electrons. The van der Waals surface area contributed by atoms with Crippen LogP contribution in [0.5, 0.6) is 0 Å². The number of fused-ring (bicyclic) bond motifs is 3. The van der Waals surface area contributed by atoms with Gasteiger partial charge < -0.3 is 36.4 Å². The Kier molecular flexibility index (Phi) is 13.6. The van der Waals surface area contributed by atoms with E-state index < -0.39 is 11.7 Å². The molecule has 12 heteroatoms. The van der Waals surface area contributed by atoms with Gasteiger partial charge in [-0.2, -0.15) is 6.41 Å². The fourth-order valence-electron chi connectivity index (χ4n) is 4.20. The van der Waals surface area contributed by atoms with Crippen molar-refractivity contribution in [3.05, 3.63) is 40.0 Å². The number of hydrogen-bond donors (Lipinski definition) is 3. The molecule has 1 aromatic carbocycles. The molecule has 1 saturated heterocycles. The summed E-state index contributed by atoms with van der Waals surface area (Å²) in [6.07, 6.45) is 4.26. The molecule has 2 aliphatic rings. The average Bonchev–Trinajstić information content (AvgIpc) is 3.18. The Labute approximate surface area is 262 Å². The maximum absolute atomic E-state index is 12.4. The summed E-state index contributed by atoms with van der Waals surface area (Å²) in [7, 11) is 0. The van der Waals surface area contributed by atoms with Gasteiger partial charge >= 0.3 is 37.2 Å². The molecule has 1 fully saturated rings. The van der Waals surface area contributed by atoms with E-state index in [-0.39, 0.29) is 69.7 Å². The van der Waals surface area contributed by atoms with Gasteiger partial charge in [-0.25, -0.2) is 4.79 Å². The molecular weight excluding hydrogens is 841 g/mol. The van der Waals surface area contributed by atoms with Crippen molar-refractivity contribution in [3.8, 4) is 0 Å². The van der Waals surface area contributed by atoms with E-state index >= 15 is 0 Å². The maximum atomic E-state index is 12.4. The molecule has 4 rings (SSSR count). The Hall–Kier alpha value is -1.75. The number of ether oxygens (including phenoxy) is 2. The predicted octanol–water partition coefficient (Wildman–Crippen LogP) is 3.03. The van der Waals surface area contributed by atoms with Crippen LogP contribution in [0.2, 0.25) is 0 Å². The zero-order valence-electron chi connectivity index (χ0n) is 22.5. The number of nitrogens with one attached hydrogen (secondary N) is 3. The number of amides is 4. The number of nitrogens with zero attached hydrogens (tertiary/aromatic N) is 1. The van der Waals surface area contributed by atoms with Crippen molar-refractivity contribution in [2.75, 3.05) is 19.8 Å². The van der Waals surface area contributed by atoms with Crippen LogP contribution in [-0.4, -0.2) is 58.3 Å². The largest absolute Gasteiger partial charge is 2.00 e. The molecule has 0 bridgehead atoms. The molecule has 0 spiro atoms. The third-order valence-electron chi connectivity index (χ3n) is 5.74. The van der Waals surface area contributed by atoms with Crippen molar-refractivity contribution in [3.63, 3.8) is 0 Å². The van der Waals surface area contributed by atoms with Gasteiger partial charge in [0.1, 0.15) is 11.6 Å². The Balaban J connectivity index is 0.000000328. The second kappa shape index (κ2) is 15.9. The zero-order chi connectivity index (χ0) is 27.7. The van der Waals surface area contributed by atoms with E-state index in [0.29, 0.717) is 39.1 Å². The number of benzene rings is 1. The number of imide groups is 1. The number of alkyl carbamates (subject to hydrolysis) is 1. The Morgan fingerprint density at radius 3 is 2.72 bits per heavy atom. The zero-order valence-corrected chi connectivity index (χ0v) is 28.8. The molecule has 3 N–H and O–H groups in total. The number of piperidine rings is 1. The van der Waals surface area contributed by atoms with E-state index in [9.17, 15) is 19.2 Å². The van der Waals surface area contributed by atoms with Crippen LogP contribution >= 0.6 is 20.7 Å². The minimum absolute atomic E-state index is 0. The van der Waals surface area contributed by atoms with E-state index in [1.54, 1.807) is 6.41 Å². The quantitative estimate of drug-likeness (QED) is 0.123. The normalized spacial score (nSPS) is 16.5. The van der Waals surface area contributed by atoms with Crippen LogP contribution in [0.1, 0.15) is 57.2 Å². The predicted molar refractivity (Wildman–Crippen MR) is 153 cm³/mol. The molecule has 1 atom stereocenters. The van der Waals surface area contributed by atoms with Crippen molar-refractivity contribution in [1.82, 2.24) is 20.5 Å². The van der Waals surface area contributed by atoms with Crippen molar-refractivity contribution in [2.45, 2.75) is 64.6 Å². The molecule has 1 unspecified atom stereocenters. The number of carbonyl (C=O) groups excluding carboxylic acids is 4. The first-order valence-electron chi connectivity index (χ1n) is 12.5. The van der Waals surface area contributed by atoms with Crippen LogP contribution in [-0.2, 0) is 36.8 Å². The molecular formula is C27H35IN4O6U. The van der Waals surface area contributed by atoms with Gasteiger partial charge in [0, 0.05) is 30.4 Å². The van der Waals surface area contributed by atoms with E-state index in [4.69, 9.17) is 9.47 Å². The van der Waals surface area contributed by atoms with Crippen molar-refractivity contribution < 1.29 is 59.8 Å². The molecule has 2 aliphatic heterocycles. The monoisotopic (exact) mass is 876 g/mol. The Bertz CT molecular complexity index is 1210. The third kappa shape index (κ3) is 9.69. The van der Waals surface area contributed by atoms with Crippen molar-refractivity contribution >= 4 is 60.0 Å². The Morgan fingerprint density at radius 1 is 1.28 bits per heavy atom. The molecule has 1 aromatic heterocycles. The van der Waals surface area contributed by atoms with E-state index in [0.717, 1.165) is 29.3 Å². The minimum atomic E-state index is -0.447.